The van der Waals surface area contributed by atoms with E-state index in [9.17, 15) is 5.11 Å². The van der Waals surface area contributed by atoms with Gasteiger partial charge in [-0.1, -0.05) is 5.92 Å². The monoisotopic (exact) mass is 186 g/mol. The summed E-state index contributed by atoms with van der Waals surface area (Å²) in [5, 5.41) is 18.1. The maximum Gasteiger partial charge on any atom is 0.165 e. The summed E-state index contributed by atoms with van der Waals surface area (Å²) in [4.78, 5) is 0. The van der Waals surface area contributed by atoms with E-state index >= 15 is 0 Å². The highest BCUT2D eigenvalue weighted by Crippen LogP contribution is 2.29. The molecule has 0 aromatic carbocycles. The smallest absolute Gasteiger partial charge is 0.165 e. The van der Waals surface area contributed by atoms with Crippen molar-refractivity contribution in [2.75, 3.05) is 6.61 Å². The van der Waals surface area contributed by atoms with E-state index in [2.05, 4.69) is 5.92 Å². The maximum atomic E-state index is 9.34. The van der Waals surface area contributed by atoms with Crippen LogP contribution in [0.25, 0.3) is 0 Å². The molecular weight excluding hydrogens is 172 g/mol. The second-order valence-electron chi connectivity index (χ2n) is 3.44. The summed E-state index contributed by atoms with van der Waals surface area (Å²) in [5.41, 5.74) is 0. The molecule has 0 amide bonds. The first kappa shape index (κ1) is 10.5. The van der Waals surface area contributed by atoms with Crippen molar-refractivity contribution in [2.45, 2.75) is 37.9 Å². The number of ether oxygens (including phenoxy) is 2. The molecule has 0 aliphatic carbocycles. The number of hydrogen-bond acceptors (Lipinski definition) is 4. The summed E-state index contributed by atoms with van der Waals surface area (Å²) in [6, 6.07) is 0. The van der Waals surface area contributed by atoms with E-state index in [0.717, 1.165) is 0 Å². The Balaban J connectivity index is 2.70. The highest BCUT2D eigenvalue weighted by molar-refractivity contribution is 5.04. The molecule has 4 nitrogen and oxygen atoms in total. The molecule has 0 spiro atoms. The van der Waals surface area contributed by atoms with Gasteiger partial charge in [0.2, 0.25) is 0 Å². The summed E-state index contributed by atoms with van der Waals surface area (Å²) in [7, 11) is 0. The molecule has 1 aliphatic rings. The molecule has 13 heavy (non-hydrogen) atoms. The number of aliphatic hydroxyl groups excluding tert-OH is 2. The van der Waals surface area contributed by atoms with E-state index in [1.807, 2.05) is 0 Å². The first-order valence-corrected chi connectivity index (χ1v) is 4.11. The lowest BCUT2D eigenvalue weighted by molar-refractivity contribution is -0.155. The summed E-state index contributed by atoms with van der Waals surface area (Å²) >= 11 is 0. The van der Waals surface area contributed by atoms with Crippen molar-refractivity contribution in [1.82, 2.24) is 0 Å². The minimum absolute atomic E-state index is 0.387. The predicted molar refractivity (Wildman–Crippen MR) is 45.8 cm³/mol. The molecule has 3 atom stereocenters. The molecule has 1 saturated heterocycles. The van der Waals surface area contributed by atoms with Gasteiger partial charge in [-0.15, -0.1) is 6.42 Å². The number of terminal acetylenes is 1. The van der Waals surface area contributed by atoms with Gasteiger partial charge in [0.25, 0.3) is 0 Å². The average molecular weight is 186 g/mol. The lowest BCUT2D eigenvalue weighted by Gasteiger charge is -2.18. The molecule has 1 heterocycles. The zero-order valence-corrected chi connectivity index (χ0v) is 7.73. The number of rotatable bonds is 2. The summed E-state index contributed by atoms with van der Waals surface area (Å²) < 4.78 is 10.6. The van der Waals surface area contributed by atoms with E-state index in [1.165, 1.54) is 0 Å². The topological polar surface area (TPSA) is 58.9 Å². The first-order valence-electron chi connectivity index (χ1n) is 4.11. The van der Waals surface area contributed by atoms with Gasteiger partial charge in [0.1, 0.15) is 18.3 Å². The van der Waals surface area contributed by atoms with Crippen LogP contribution in [-0.4, -0.2) is 40.9 Å². The fourth-order valence-electron chi connectivity index (χ4n) is 1.30. The molecule has 0 bridgehead atoms. The largest absolute Gasteiger partial charge is 0.394 e. The van der Waals surface area contributed by atoms with Crippen LogP contribution in [0.3, 0.4) is 0 Å². The van der Waals surface area contributed by atoms with E-state index in [0.29, 0.717) is 0 Å². The molecule has 0 aromatic heterocycles. The Hall–Kier alpha value is -0.600. The van der Waals surface area contributed by atoms with Crippen molar-refractivity contribution < 1.29 is 19.7 Å². The molecule has 0 radical (unpaired) electrons. The quantitative estimate of drug-likeness (QED) is 0.570. The zero-order chi connectivity index (χ0) is 10.1. The van der Waals surface area contributed by atoms with Crippen LogP contribution in [0.1, 0.15) is 13.8 Å². The van der Waals surface area contributed by atoms with Crippen LogP contribution in [0.4, 0.5) is 0 Å². The normalized spacial score (nSPS) is 34.1. The molecule has 1 aliphatic heterocycles. The first-order chi connectivity index (χ1) is 6.00. The Morgan fingerprint density at radius 3 is 2.62 bits per heavy atom. The fraction of sp³-hybridized carbons (Fsp3) is 0.778. The Labute approximate surface area is 77.5 Å². The van der Waals surface area contributed by atoms with Crippen LogP contribution in [0.5, 0.6) is 0 Å². The van der Waals surface area contributed by atoms with Crippen molar-refractivity contribution in [1.29, 1.82) is 0 Å². The van der Waals surface area contributed by atoms with Crippen molar-refractivity contribution >= 4 is 0 Å². The van der Waals surface area contributed by atoms with Crippen LogP contribution in [0.2, 0.25) is 0 Å². The van der Waals surface area contributed by atoms with Crippen LogP contribution in [0, 0.1) is 12.3 Å². The highest BCUT2D eigenvalue weighted by Gasteiger charge is 2.43. The molecule has 0 aromatic rings. The minimum Gasteiger partial charge on any atom is -0.394 e. The molecule has 74 valence electrons. The van der Waals surface area contributed by atoms with E-state index in [4.69, 9.17) is 21.0 Å². The third-order valence-electron chi connectivity index (χ3n) is 1.86. The second kappa shape index (κ2) is 3.64. The Morgan fingerprint density at radius 2 is 2.15 bits per heavy atom. The molecule has 1 fully saturated rings. The van der Waals surface area contributed by atoms with Crippen molar-refractivity contribution in [3.63, 3.8) is 0 Å². The average Bonchev–Trinajstić information content (AvgIpc) is 2.39. The molecular formula is C9H14O4. The highest BCUT2D eigenvalue weighted by atomic mass is 16.8. The van der Waals surface area contributed by atoms with Gasteiger partial charge in [-0.2, -0.15) is 0 Å². The molecule has 0 saturated carbocycles. The maximum absolute atomic E-state index is 9.34. The molecule has 1 rings (SSSR count). The standard InChI is InChI=1S/C9H14O4/c1-4-7-8(6(11)5-10)13-9(2,3)12-7/h1,6-8,10-11H,5H2,2-3H3/t6-,7?,8-/m1/s1. The number of hydrogen-bond donors (Lipinski definition) is 2. The molecule has 4 heteroatoms. The van der Waals surface area contributed by atoms with Crippen molar-refractivity contribution in [3.8, 4) is 12.3 Å². The van der Waals surface area contributed by atoms with Crippen LogP contribution in [0.15, 0.2) is 0 Å². The zero-order valence-electron chi connectivity index (χ0n) is 7.73. The van der Waals surface area contributed by atoms with Gasteiger partial charge in [-0.25, -0.2) is 0 Å². The Kier molecular flexibility index (Phi) is 2.94. The van der Waals surface area contributed by atoms with Gasteiger partial charge >= 0.3 is 0 Å². The van der Waals surface area contributed by atoms with Crippen LogP contribution in [-0.2, 0) is 9.47 Å². The minimum atomic E-state index is -0.997. The third-order valence-corrected chi connectivity index (χ3v) is 1.86. The summed E-state index contributed by atoms with van der Waals surface area (Å²) in [6.45, 7) is 3.03. The van der Waals surface area contributed by atoms with Crippen LogP contribution >= 0.6 is 0 Å². The Bertz CT molecular complexity index is 218. The van der Waals surface area contributed by atoms with Crippen molar-refractivity contribution in [2.24, 2.45) is 0 Å². The summed E-state index contributed by atoms with van der Waals surface area (Å²) in [6.07, 6.45) is 2.94. The van der Waals surface area contributed by atoms with Gasteiger partial charge in [0.15, 0.2) is 5.79 Å². The van der Waals surface area contributed by atoms with Gasteiger partial charge in [-0.3, -0.25) is 0 Å². The predicted octanol–water partition coefficient (Wildman–Crippen LogP) is -0.507. The van der Waals surface area contributed by atoms with Crippen LogP contribution < -0.4 is 0 Å². The van der Waals surface area contributed by atoms with Gasteiger partial charge < -0.3 is 19.7 Å². The fourth-order valence-corrected chi connectivity index (χ4v) is 1.30. The number of aliphatic hydroxyl groups is 2. The molecule has 2 N–H and O–H groups in total. The van der Waals surface area contributed by atoms with E-state index in [1.54, 1.807) is 13.8 Å². The van der Waals surface area contributed by atoms with Gasteiger partial charge in [0.05, 0.1) is 6.61 Å². The van der Waals surface area contributed by atoms with Gasteiger partial charge in [0, 0.05) is 0 Å². The van der Waals surface area contributed by atoms with E-state index in [-0.39, 0.29) is 6.61 Å². The lowest BCUT2D eigenvalue weighted by atomic mass is 10.1. The summed E-state index contributed by atoms with van der Waals surface area (Å²) in [5.74, 6) is 1.57. The molecule has 1 unspecified atom stereocenters. The van der Waals surface area contributed by atoms with E-state index < -0.39 is 24.1 Å². The second-order valence-corrected chi connectivity index (χ2v) is 3.44. The van der Waals surface area contributed by atoms with Gasteiger partial charge in [-0.05, 0) is 13.8 Å². The Morgan fingerprint density at radius 1 is 1.54 bits per heavy atom. The van der Waals surface area contributed by atoms with Crippen molar-refractivity contribution in [3.05, 3.63) is 0 Å². The third kappa shape index (κ3) is 2.20. The lowest BCUT2D eigenvalue weighted by Crippen LogP contribution is -2.37. The SMILES string of the molecule is C#CC1OC(C)(C)O[C@@H]1[C@H](O)CO.